The van der Waals surface area contributed by atoms with Gasteiger partial charge in [0.2, 0.25) is 5.91 Å². The van der Waals surface area contributed by atoms with Crippen LogP contribution in [0.4, 0.5) is 9.93 Å². The Kier molecular flexibility index (Phi) is 4.42. The second kappa shape index (κ2) is 6.87. The molecule has 0 atom stereocenters. The molecule has 1 aromatic heterocycles. The first-order valence-corrected chi connectivity index (χ1v) is 9.39. The van der Waals surface area contributed by atoms with E-state index >= 15 is 0 Å². The van der Waals surface area contributed by atoms with Crippen molar-refractivity contribution in [3.8, 4) is 0 Å². The van der Waals surface area contributed by atoms with Gasteiger partial charge in [-0.3, -0.25) is 19.8 Å². The van der Waals surface area contributed by atoms with Crippen LogP contribution >= 0.6 is 11.3 Å². The Hall–Kier alpha value is -2.74. The van der Waals surface area contributed by atoms with Gasteiger partial charge in [-0.1, -0.05) is 18.2 Å². The Morgan fingerprint density at radius 3 is 2.81 bits per heavy atom. The molecule has 0 saturated carbocycles. The molecule has 1 saturated heterocycles. The number of carbonyl (C=O) groups excluding carboxylic acids is 3. The lowest BCUT2D eigenvalue weighted by molar-refractivity contribution is -0.125. The molecule has 26 heavy (non-hydrogen) atoms. The van der Waals surface area contributed by atoms with Crippen LogP contribution in [0.5, 0.6) is 0 Å². The number of thiazole rings is 1. The van der Waals surface area contributed by atoms with Crippen LogP contribution in [0.1, 0.15) is 39.3 Å². The highest BCUT2D eigenvalue weighted by molar-refractivity contribution is 7.15. The molecule has 0 unspecified atom stereocenters. The van der Waals surface area contributed by atoms with Crippen molar-refractivity contribution in [3.05, 3.63) is 46.0 Å². The molecule has 1 fully saturated rings. The molecule has 7 nitrogen and oxygen atoms in total. The maximum absolute atomic E-state index is 12.7. The van der Waals surface area contributed by atoms with Crippen molar-refractivity contribution in [1.82, 2.24) is 15.2 Å². The third-order valence-corrected chi connectivity index (χ3v) is 5.67. The number of hydrogen-bond acceptors (Lipinski definition) is 5. The van der Waals surface area contributed by atoms with E-state index in [2.05, 4.69) is 15.6 Å². The predicted molar refractivity (Wildman–Crippen MR) is 97.1 cm³/mol. The average molecular weight is 370 g/mol. The highest BCUT2D eigenvalue weighted by atomic mass is 32.1. The Balaban J connectivity index is 1.53. The standard InChI is InChI=1S/C18H18N4O3S/c23-15-9-19-18(25)22(15)10-11-5-1-2-6-12(11)16(24)21-17-20-13-7-3-4-8-14(13)26-17/h1-2,5-6H,3-4,7-10H2,(H,19,25)(H,20,21,24). The minimum absolute atomic E-state index is 0.00212. The van der Waals surface area contributed by atoms with E-state index in [1.54, 1.807) is 24.3 Å². The zero-order valence-electron chi connectivity index (χ0n) is 14.1. The van der Waals surface area contributed by atoms with E-state index in [-0.39, 0.29) is 24.9 Å². The minimum atomic E-state index is -0.433. The number of nitrogens with zero attached hydrogens (tertiary/aromatic N) is 2. The Morgan fingerprint density at radius 1 is 1.23 bits per heavy atom. The fraction of sp³-hybridized carbons (Fsp3) is 0.333. The predicted octanol–water partition coefficient (Wildman–Crippen LogP) is 2.33. The number of nitrogens with one attached hydrogen (secondary N) is 2. The van der Waals surface area contributed by atoms with Gasteiger partial charge in [0.15, 0.2) is 5.13 Å². The maximum atomic E-state index is 12.7. The van der Waals surface area contributed by atoms with Crippen molar-refractivity contribution in [2.75, 3.05) is 11.9 Å². The van der Waals surface area contributed by atoms with Gasteiger partial charge in [0.05, 0.1) is 18.8 Å². The molecule has 0 spiro atoms. The van der Waals surface area contributed by atoms with E-state index in [9.17, 15) is 14.4 Å². The summed E-state index contributed by atoms with van der Waals surface area (Å²) in [6, 6.07) is 6.55. The zero-order chi connectivity index (χ0) is 18.1. The SMILES string of the molecule is O=C(Nc1nc2c(s1)CCCC2)c1ccccc1CN1C(=O)CNC1=O. The van der Waals surface area contributed by atoms with Crippen LogP contribution in [-0.2, 0) is 24.2 Å². The highest BCUT2D eigenvalue weighted by Gasteiger charge is 2.29. The normalized spacial score (nSPS) is 16.4. The molecule has 4 rings (SSSR count). The van der Waals surface area contributed by atoms with E-state index in [1.165, 1.54) is 16.2 Å². The molecule has 2 aliphatic rings. The second-order valence-electron chi connectivity index (χ2n) is 6.35. The molecule has 0 radical (unpaired) electrons. The largest absolute Gasteiger partial charge is 0.329 e. The summed E-state index contributed by atoms with van der Waals surface area (Å²) in [5.74, 6) is -0.573. The van der Waals surface area contributed by atoms with Gasteiger partial charge in [-0.2, -0.15) is 0 Å². The van der Waals surface area contributed by atoms with E-state index in [1.807, 2.05) is 0 Å². The lowest BCUT2D eigenvalue weighted by Gasteiger charge is -2.15. The molecule has 2 heterocycles. The van der Waals surface area contributed by atoms with E-state index in [0.29, 0.717) is 16.3 Å². The third-order valence-electron chi connectivity index (χ3n) is 4.59. The van der Waals surface area contributed by atoms with Crippen LogP contribution in [0, 0.1) is 0 Å². The van der Waals surface area contributed by atoms with Crippen molar-refractivity contribution in [2.45, 2.75) is 32.2 Å². The van der Waals surface area contributed by atoms with E-state index < -0.39 is 6.03 Å². The first kappa shape index (κ1) is 16.7. The van der Waals surface area contributed by atoms with Gasteiger partial charge in [0, 0.05) is 10.4 Å². The lowest BCUT2D eigenvalue weighted by atomic mass is 10.0. The number of hydrogen-bond donors (Lipinski definition) is 2. The average Bonchev–Trinajstić information content (AvgIpc) is 3.19. The maximum Gasteiger partial charge on any atom is 0.324 e. The van der Waals surface area contributed by atoms with Crippen molar-refractivity contribution < 1.29 is 14.4 Å². The number of benzene rings is 1. The summed E-state index contributed by atoms with van der Waals surface area (Å²) in [6.07, 6.45) is 4.28. The molecule has 1 aliphatic carbocycles. The van der Waals surface area contributed by atoms with Crippen LogP contribution in [0.15, 0.2) is 24.3 Å². The summed E-state index contributed by atoms with van der Waals surface area (Å²) in [5.41, 5.74) is 2.15. The van der Waals surface area contributed by atoms with Crippen molar-refractivity contribution in [2.24, 2.45) is 0 Å². The quantitative estimate of drug-likeness (QED) is 0.808. The number of anilines is 1. The summed E-state index contributed by atoms with van der Waals surface area (Å²) in [6.45, 7) is 0.0699. The summed E-state index contributed by atoms with van der Waals surface area (Å²) >= 11 is 1.53. The second-order valence-corrected chi connectivity index (χ2v) is 7.43. The topological polar surface area (TPSA) is 91.4 Å². The molecule has 2 aromatic rings. The minimum Gasteiger partial charge on any atom is -0.329 e. The lowest BCUT2D eigenvalue weighted by Crippen LogP contribution is -2.31. The number of amides is 4. The van der Waals surface area contributed by atoms with Crippen LogP contribution in [0.25, 0.3) is 0 Å². The van der Waals surface area contributed by atoms with Gasteiger partial charge in [-0.15, -0.1) is 11.3 Å². The van der Waals surface area contributed by atoms with Gasteiger partial charge in [-0.05, 0) is 37.3 Å². The number of rotatable bonds is 4. The molecular formula is C18H18N4O3S. The fourth-order valence-electron chi connectivity index (χ4n) is 3.24. The van der Waals surface area contributed by atoms with Gasteiger partial charge >= 0.3 is 6.03 Å². The third kappa shape index (κ3) is 3.20. The molecule has 0 bridgehead atoms. The van der Waals surface area contributed by atoms with Gasteiger partial charge < -0.3 is 5.32 Å². The molecular weight excluding hydrogens is 352 g/mol. The van der Waals surface area contributed by atoms with E-state index in [0.717, 1.165) is 36.3 Å². The number of fused-ring (bicyclic) bond motifs is 1. The van der Waals surface area contributed by atoms with Crippen LogP contribution in [0.3, 0.4) is 0 Å². The number of aromatic nitrogens is 1. The first-order chi connectivity index (χ1) is 12.6. The Labute approximate surface area is 154 Å². The molecule has 8 heteroatoms. The Morgan fingerprint density at radius 2 is 2.04 bits per heavy atom. The summed E-state index contributed by atoms with van der Waals surface area (Å²) in [4.78, 5) is 43.2. The Bertz CT molecular complexity index is 853. The van der Waals surface area contributed by atoms with Gasteiger partial charge in [0.25, 0.3) is 5.91 Å². The number of imide groups is 1. The number of urea groups is 1. The number of carbonyl (C=O) groups is 3. The smallest absolute Gasteiger partial charge is 0.324 e. The van der Waals surface area contributed by atoms with E-state index in [4.69, 9.17) is 0 Å². The molecule has 1 aliphatic heterocycles. The van der Waals surface area contributed by atoms with Crippen LogP contribution in [0.2, 0.25) is 0 Å². The van der Waals surface area contributed by atoms with Gasteiger partial charge in [-0.25, -0.2) is 9.78 Å². The highest BCUT2D eigenvalue weighted by Crippen LogP contribution is 2.30. The van der Waals surface area contributed by atoms with Crippen LogP contribution in [-0.4, -0.2) is 34.3 Å². The van der Waals surface area contributed by atoms with Crippen molar-refractivity contribution >= 4 is 34.3 Å². The molecule has 1 aromatic carbocycles. The van der Waals surface area contributed by atoms with Crippen molar-refractivity contribution in [3.63, 3.8) is 0 Å². The molecule has 2 N–H and O–H groups in total. The van der Waals surface area contributed by atoms with Crippen molar-refractivity contribution in [1.29, 1.82) is 0 Å². The summed E-state index contributed by atoms with van der Waals surface area (Å²) in [5, 5.41) is 5.96. The summed E-state index contributed by atoms with van der Waals surface area (Å²) < 4.78 is 0. The van der Waals surface area contributed by atoms with Gasteiger partial charge in [0.1, 0.15) is 0 Å². The summed E-state index contributed by atoms with van der Waals surface area (Å²) in [7, 11) is 0. The first-order valence-electron chi connectivity index (χ1n) is 8.58. The zero-order valence-corrected chi connectivity index (χ0v) is 14.9. The fourth-order valence-corrected chi connectivity index (χ4v) is 4.28. The monoisotopic (exact) mass is 370 g/mol. The number of aryl methyl sites for hydroxylation is 2. The molecule has 134 valence electrons. The molecule has 4 amide bonds. The van der Waals surface area contributed by atoms with Crippen LogP contribution < -0.4 is 10.6 Å².